The number of ether oxygens (including phenoxy) is 1. The van der Waals surface area contributed by atoms with Gasteiger partial charge in [0.2, 0.25) is 5.70 Å². The number of amidine groups is 1. The van der Waals surface area contributed by atoms with Crippen molar-refractivity contribution in [1.82, 2.24) is 9.88 Å². The lowest BCUT2D eigenvalue weighted by Crippen LogP contribution is -2.53. The number of carbonyl (C=O) groups excluding carboxylic acids is 2. The van der Waals surface area contributed by atoms with Gasteiger partial charge >= 0.3 is 0 Å². The average Bonchev–Trinajstić information content (AvgIpc) is 3.51. The normalized spacial score (nSPS) is 21.8. The zero-order valence-corrected chi connectivity index (χ0v) is 20.5. The maximum Gasteiger partial charge on any atom is 0.299 e. The van der Waals surface area contributed by atoms with Crippen molar-refractivity contribution in [2.24, 2.45) is 15.8 Å². The van der Waals surface area contributed by atoms with E-state index in [1.807, 2.05) is 0 Å². The highest BCUT2D eigenvalue weighted by molar-refractivity contribution is 6.07. The summed E-state index contributed by atoms with van der Waals surface area (Å²) >= 11 is 0. The third kappa shape index (κ3) is 4.31. The van der Waals surface area contributed by atoms with Crippen molar-refractivity contribution in [1.29, 1.82) is 0 Å². The Hall–Kier alpha value is -4.59. The van der Waals surface area contributed by atoms with Crippen LogP contribution in [0.3, 0.4) is 0 Å². The number of carbonyl (C=O) groups is 2. The van der Waals surface area contributed by atoms with E-state index in [-0.39, 0.29) is 22.4 Å². The quantitative estimate of drug-likeness (QED) is 0.374. The van der Waals surface area contributed by atoms with Crippen LogP contribution in [0.1, 0.15) is 35.7 Å². The van der Waals surface area contributed by atoms with E-state index in [0.29, 0.717) is 46.5 Å². The number of fused-ring (bicyclic) bond motifs is 1. The average molecular weight is 497 g/mol. The van der Waals surface area contributed by atoms with Crippen LogP contribution in [-0.4, -0.2) is 58.0 Å². The van der Waals surface area contributed by atoms with Gasteiger partial charge in [0.1, 0.15) is 23.5 Å². The highest BCUT2D eigenvalue weighted by Crippen LogP contribution is 2.37. The van der Waals surface area contributed by atoms with Crippen LogP contribution in [0.4, 0.5) is 5.82 Å². The number of rotatable bonds is 5. The molecule has 4 heterocycles. The standard InChI is InChI=1S/C27H25N7O3/c1-3-7-24(35)33-14-6-8-20(33)25-21-17-29-13-15-34(21,28)26(32-25)18-10-11-19(22(16-18)37-2)27(36)31-23-9-4-5-12-30-23/h4-5,9-13,15-17,20H,6,8,14,28H2,1-2H3/p+1. The smallest absolute Gasteiger partial charge is 0.299 e. The monoisotopic (exact) mass is 496 g/mol. The number of pyridine rings is 1. The molecule has 1 aromatic carbocycles. The van der Waals surface area contributed by atoms with Crippen molar-refractivity contribution in [3.8, 4) is 17.6 Å². The molecule has 0 aliphatic carbocycles. The van der Waals surface area contributed by atoms with Crippen LogP contribution in [0, 0.1) is 11.8 Å². The molecule has 10 nitrogen and oxygen atoms in total. The Kier molecular flexibility index (Phi) is 6.40. The minimum Gasteiger partial charge on any atom is -0.496 e. The molecule has 2 unspecified atom stereocenters. The van der Waals surface area contributed by atoms with Crippen LogP contribution in [0.5, 0.6) is 5.75 Å². The molecule has 10 heteroatoms. The first-order valence-corrected chi connectivity index (χ1v) is 11.8. The van der Waals surface area contributed by atoms with E-state index in [0.717, 1.165) is 12.8 Å². The Morgan fingerprint density at radius 3 is 2.89 bits per heavy atom. The highest BCUT2D eigenvalue weighted by atomic mass is 16.5. The number of benzene rings is 1. The fourth-order valence-corrected chi connectivity index (χ4v) is 4.76. The van der Waals surface area contributed by atoms with E-state index >= 15 is 0 Å². The molecule has 3 aliphatic heterocycles. The number of nitrogens with zero attached hydrogens (tertiary/aromatic N) is 5. The van der Waals surface area contributed by atoms with Gasteiger partial charge in [0, 0.05) is 12.7 Å². The second-order valence-electron chi connectivity index (χ2n) is 8.68. The number of likely N-dealkylation sites (tertiary alicyclic amines) is 1. The number of methoxy groups -OCH3 is 1. The van der Waals surface area contributed by atoms with Crippen molar-refractivity contribution >= 4 is 29.7 Å². The molecule has 0 radical (unpaired) electrons. The molecule has 2 aromatic rings. The Labute approximate surface area is 214 Å². The molecule has 1 saturated heterocycles. The van der Waals surface area contributed by atoms with Crippen LogP contribution >= 0.6 is 0 Å². The molecule has 0 bridgehead atoms. The summed E-state index contributed by atoms with van der Waals surface area (Å²) < 4.78 is 5.36. The molecule has 2 amide bonds. The molecule has 1 fully saturated rings. The summed E-state index contributed by atoms with van der Waals surface area (Å²) in [5.74, 6) is 12.9. The summed E-state index contributed by atoms with van der Waals surface area (Å²) in [4.78, 5) is 40.7. The second kappa shape index (κ2) is 9.81. The molecule has 5 rings (SSSR count). The van der Waals surface area contributed by atoms with E-state index in [4.69, 9.17) is 15.6 Å². The number of anilines is 1. The minimum atomic E-state index is -0.353. The number of nitrogens with one attached hydrogen (secondary N) is 1. The molecule has 0 spiro atoms. The van der Waals surface area contributed by atoms with E-state index in [9.17, 15) is 9.59 Å². The Balaban J connectivity index is 1.51. The maximum absolute atomic E-state index is 12.9. The number of allylic oxidation sites excluding steroid dienone is 1. The first kappa shape index (κ1) is 24.1. The van der Waals surface area contributed by atoms with Gasteiger partial charge in [-0.1, -0.05) is 12.0 Å². The van der Waals surface area contributed by atoms with E-state index in [2.05, 4.69) is 27.1 Å². The number of aromatic nitrogens is 1. The van der Waals surface area contributed by atoms with Gasteiger partial charge in [-0.15, -0.1) is 4.59 Å². The van der Waals surface area contributed by atoms with E-state index < -0.39 is 0 Å². The fourth-order valence-electron chi connectivity index (χ4n) is 4.76. The zero-order chi connectivity index (χ0) is 26.0. The molecular weight excluding hydrogens is 470 g/mol. The topological polar surface area (TPSA) is 122 Å². The lowest BCUT2D eigenvalue weighted by atomic mass is 10.1. The van der Waals surface area contributed by atoms with E-state index in [1.165, 1.54) is 7.11 Å². The number of nitrogens with two attached hydrogens (primary N) is 1. The molecule has 3 aliphatic rings. The van der Waals surface area contributed by atoms with Crippen LogP contribution in [0.25, 0.3) is 0 Å². The minimum absolute atomic E-state index is 0.209. The first-order valence-electron chi connectivity index (χ1n) is 11.8. The Morgan fingerprint density at radius 1 is 1.27 bits per heavy atom. The molecule has 0 saturated carbocycles. The summed E-state index contributed by atoms with van der Waals surface area (Å²) in [6, 6.07) is 10.2. The lowest BCUT2D eigenvalue weighted by molar-refractivity contribution is -0.750. The van der Waals surface area contributed by atoms with Crippen LogP contribution < -0.4 is 15.9 Å². The number of hydrogen-bond acceptors (Lipinski definition) is 7. The largest absolute Gasteiger partial charge is 0.496 e. The summed E-state index contributed by atoms with van der Waals surface area (Å²) in [7, 11) is 1.50. The predicted molar refractivity (Wildman–Crippen MR) is 139 cm³/mol. The summed E-state index contributed by atoms with van der Waals surface area (Å²) in [5, 5.41) is 2.77. The number of hydrogen-bond donors (Lipinski definition) is 2. The maximum atomic E-state index is 12.9. The fraction of sp³-hybridized carbons (Fsp3) is 0.222. The van der Waals surface area contributed by atoms with Gasteiger partial charge in [-0.25, -0.2) is 4.98 Å². The van der Waals surface area contributed by atoms with Crippen molar-refractivity contribution in [3.05, 3.63) is 77.5 Å². The van der Waals surface area contributed by atoms with Crippen molar-refractivity contribution < 1.29 is 18.9 Å². The van der Waals surface area contributed by atoms with Crippen molar-refractivity contribution in [3.63, 3.8) is 0 Å². The first-order chi connectivity index (χ1) is 18.0. The second-order valence-corrected chi connectivity index (χ2v) is 8.68. The number of aliphatic imine (C=N–C) groups is 2. The van der Waals surface area contributed by atoms with Crippen molar-refractivity contribution in [2.45, 2.75) is 25.8 Å². The Morgan fingerprint density at radius 2 is 2.14 bits per heavy atom. The van der Waals surface area contributed by atoms with Crippen LogP contribution in [-0.2, 0) is 4.79 Å². The molecule has 3 N–H and O–H groups in total. The van der Waals surface area contributed by atoms with Gasteiger partial charge in [-0.05, 0) is 56.0 Å². The van der Waals surface area contributed by atoms with Gasteiger partial charge in [0.05, 0.1) is 36.7 Å². The third-order valence-electron chi connectivity index (χ3n) is 6.49. The van der Waals surface area contributed by atoms with Gasteiger partial charge in [-0.3, -0.25) is 14.6 Å². The number of amides is 2. The van der Waals surface area contributed by atoms with Crippen LogP contribution in [0.15, 0.2) is 76.4 Å². The third-order valence-corrected chi connectivity index (χ3v) is 6.49. The molecular formula is C27H26N7O3+. The van der Waals surface area contributed by atoms with Gasteiger partial charge in [-0.2, -0.15) is 10.8 Å². The van der Waals surface area contributed by atoms with E-state index in [1.54, 1.807) is 73.0 Å². The summed E-state index contributed by atoms with van der Waals surface area (Å²) in [6.07, 6.45) is 8.24. The zero-order valence-electron chi connectivity index (χ0n) is 20.5. The predicted octanol–water partition coefficient (Wildman–Crippen LogP) is 2.57. The molecule has 1 aromatic heterocycles. The van der Waals surface area contributed by atoms with Gasteiger partial charge < -0.3 is 15.0 Å². The van der Waals surface area contributed by atoms with Crippen molar-refractivity contribution in [2.75, 3.05) is 19.0 Å². The highest BCUT2D eigenvalue weighted by Gasteiger charge is 2.48. The van der Waals surface area contributed by atoms with Gasteiger partial charge in [0.15, 0.2) is 0 Å². The Bertz CT molecular complexity index is 1450. The molecule has 37 heavy (non-hydrogen) atoms. The van der Waals surface area contributed by atoms with Gasteiger partial charge in [0.25, 0.3) is 17.6 Å². The molecule has 186 valence electrons. The van der Waals surface area contributed by atoms with Crippen LogP contribution in [0.2, 0.25) is 0 Å². The summed E-state index contributed by atoms with van der Waals surface area (Å²) in [5.41, 5.74) is 2.38. The molecule has 2 atom stereocenters. The SMILES string of the molecule is CC#CC(=O)N1CCCC1C1=C2C=NC=C[N+]2(N)C(c2ccc(C(=O)Nc3ccccn3)c(OC)c2)=N1. The lowest BCUT2D eigenvalue weighted by Gasteiger charge is -2.27. The number of quaternary nitrogens is 1. The summed E-state index contributed by atoms with van der Waals surface area (Å²) in [6.45, 7) is 2.25.